The lowest BCUT2D eigenvalue weighted by molar-refractivity contribution is 0.191. The number of aliphatic hydroxyl groups is 1. The smallest absolute Gasteiger partial charge is 0.261 e. The summed E-state index contributed by atoms with van der Waals surface area (Å²) in [6.07, 6.45) is 2.58. The van der Waals surface area contributed by atoms with Gasteiger partial charge in [0.05, 0.1) is 28.3 Å². The molecule has 0 unspecified atom stereocenters. The molecule has 150 valence electrons. The molecule has 5 aromatic rings. The van der Waals surface area contributed by atoms with E-state index in [1.807, 2.05) is 18.3 Å². The molecular formula is C21H17ClN6O2. The highest BCUT2D eigenvalue weighted by Crippen LogP contribution is 2.27. The van der Waals surface area contributed by atoms with Gasteiger partial charge in [0, 0.05) is 29.3 Å². The van der Waals surface area contributed by atoms with E-state index in [1.54, 1.807) is 36.5 Å². The third-order valence-corrected chi connectivity index (χ3v) is 5.17. The van der Waals surface area contributed by atoms with Crippen LogP contribution in [0.25, 0.3) is 33.3 Å². The summed E-state index contributed by atoms with van der Waals surface area (Å²) in [4.78, 5) is 24.4. The molecule has 2 aromatic carbocycles. The van der Waals surface area contributed by atoms with Crippen molar-refractivity contribution in [2.45, 2.75) is 6.10 Å². The first-order valence-corrected chi connectivity index (χ1v) is 9.69. The Morgan fingerprint density at radius 1 is 1.13 bits per heavy atom. The summed E-state index contributed by atoms with van der Waals surface area (Å²) in [6, 6.07) is 12.5. The number of H-pyrrole nitrogens is 3. The maximum Gasteiger partial charge on any atom is 0.261 e. The van der Waals surface area contributed by atoms with E-state index < -0.39 is 6.10 Å². The number of aromatic amines is 3. The van der Waals surface area contributed by atoms with Gasteiger partial charge in [0.1, 0.15) is 5.56 Å². The maximum absolute atomic E-state index is 12.6. The van der Waals surface area contributed by atoms with Crippen molar-refractivity contribution in [1.82, 2.24) is 25.1 Å². The molecule has 0 spiro atoms. The highest BCUT2D eigenvalue weighted by molar-refractivity contribution is 6.30. The Hall–Kier alpha value is -3.62. The number of anilines is 1. The van der Waals surface area contributed by atoms with Crippen molar-refractivity contribution in [3.63, 3.8) is 0 Å². The Kier molecular flexibility index (Phi) is 4.50. The van der Waals surface area contributed by atoms with Crippen LogP contribution in [0.1, 0.15) is 11.7 Å². The predicted molar refractivity (Wildman–Crippen MR) is 117 cm³/mol. The Morgan fingerprint density at radius 3 is 2.80 bits per heavy atom. The van der Waals surface area contributed by atoms with Crippen molar-refractivity contribution in [2.75, 3.05) is 11.9 Å². The van der Waals surface area contributed by atoms with Gasteiger partial charge >= 0.3 is 0 Å². The first kappa shape index (κ1) is 18.4. The second kappa shape index (κ2) is 7.33. The summed E-state index contributed by atoms with van der Waals surface area (Å²) in [7, 11) is 0. The number of hydrogen-bond acceptors (Lipinski definition) is 5. The number of fused-ring (bicyclic) bond motifs is 2. The van der Waals surface area contributed by atoms with Crippen LogP contribution in [0.5, 0.6) is 0 Å². The van der Waals surface area contributed by atoms with Gasteiger partial charge in [0.15, 0.2) is 5.82 Å². The first-order valence-electron chi connectivity index (χ1n) is 9.31. The molecule has 3 aromatic heterocycles. The lowest BCUT2D eigenvalue weighted by Gasteiger charge is -2.15. The van der Waals surface area contributed by atoms with E-state index in [4.69, 9.17) is 11.6 Å². The van der Waals surface area contributed by atoms with E-state index in [0.29, 0.717) is 38.7 Å². The summed E-state index contributed by atoms with van der Waals surface area (Å²) >= 11 is 6.00. The zero-order valence-corrected chi connectivity index (χ0v) is 16.4. The number of hydrogen-bond donors (Lipinski definition) is 5. The predicted octanol–water partition coefficient (Wildman–Crippen LogP) is 3.59. The largest absolute Gasteiger partial charge is 0.387 e. The minimum atomic E-state index is -0.799. The molecule has 0 saturated carbocycles. The van der Waals surface area contributed by atoms with E-state index in [1.165, 1.54) is 0 Å². The first-order chi connectivity index (χ1) is 14.6. The number of nitrogens with zero attached hydrogens (tertiary/aromatic N) is 2. The number of rotatable bonds is 5. The van der Waals surface area contributed by atoms with Crippen LogP contribution in [0.2, 0.25) is 5.02 Å². The van der Waals surface area contributed by atoms with Gasteiger partial charge in [-0.3, -0.25) is 4.79 Å². The molecule has 0 aliphatic rings. The monoisotopic (exact) mass is 420 g/mol. The molecule has 0 bridgehead atoms. The molecule has 0 saturated heterocycles. The summed E-state index contributed by atoms with van der Waals surface area (Å²) < 4.78 is 0. The van der Waals surface area contributed by atoms with E-state index >= 15 is 0 Å². The second-order valence-corrected chi connectivity index (χ2v) is 7.37. The SMILES string of the molecule is O=c1[nH]ccc(NC[C@@H](O)c2cccc(Cl)c2)c1-c1nc2cc3c[nH][nH]c3cc2n1. The van der Waals surface area contributed by atoms with Crippen molar-refractivity contribution in [2.24, 2.45) is 0 Å². The maximum atomic E-state index is 12.6. The molecule has 0 radical (unpaired) electrons. The van der Waals surface area contributed by atoms with Crippen LogP contribution in [-0.4, -0.2) is 36.8 Å². The number of halogens is 1. The Morgan fingerprint density at radius 2 is 1.97 bits per heavy atom. The van der Waals surface area contributed by atoms with Gasteiger partial charge in [-0.25, -0.2) is 9.97 Å². The number of pyridine rings is 1. The molecule has 1 atom stereocenters. The fourth-order valence-corrected chi connectivity index (χ4v) is 3.64. The third kappa shape index (κ3) is 3.32. The number of imidazole rings is 1. The average molecular weight is 421 g/mol. The fraction of sp³-hybridized carbons (Fsp3) is 0.0952. The number of benzene rings is 2. The zero-order valence-electron chi connectivity index (χ0n) is 15.6. The van der Waals surface area contributed by atoms with Crippen molar-refractivity contribution >= 4 is 39.2 Å². The number of aliphatic hydroxyl groups excluding tert-OH is 1. The fourth-order valence-electron chi connectivity index (χ4n) is 3.44. The molecule has 5 rings (SSSR count). The lowest BCUT2D eigenvalue weighted by atomic mass is 10.1. The molecule has 9 heteroatoms. The van der Waals surface area contributed by atoms with Crippen LogP contribution in [0, 0.1) is 0 Å². The van der Waals surface area contributed by atoms with E-state index in [-0.39, 0.29) is 12.1 Å². The van der Waals surface area contributed by atoms with Crippen molar-refractivity contribution in [1.29, 1.82) is 0 Å². The molecule has 0 amide bonds. The van der Waals surface area contributed by atoms with E-state index in [2.05, 4.69) is 30.5 Å². The van der Waals surface area contributed by atoms with Gasteiger partial charge in [-0.2, -0.15) is 0 Å². The lowest BCUT2D eigenvalue weighted by Crippen LogP contribution is -2.17. The van der Waals surface area contributed by atoms with Crippen LogP contribution in [-0.2, 0) is 0 Å². The summed E-state index contributed by atoms with van der Waals surface area (Å²) in [5.74, 6) is 0.322. The topological polar surface area (TPSA) is 122 Å². The number of aromatic nitrogens is 5. The summed E-state index contributed by atoms with van der Waals surface area (Å²) in [5, 5.41) is 21.1. The molecule has 5 N–H and O–H groups in total. The van der Waals surface area contributed by atoms with Crippen molar-refractivity contribution in [3.05, 3.63) is 75.8 Å². The van der Waals surface area contributed by atoms with Gasteiger partial charge < -0.3 is 25.6 Å². The molecule has 0 fully saturated rings. The van der Waals surface area contributed by atoms with Crippen LogP contribution in [0.4, 0.5) is 5.69 Å². The third-order valence-electron chi connectivity index (χ3n) is 4.94. The Balaban J connectivity index is 1.49. The normalized spacial score (nSPS) is 12.5. The molecule has 0 aliphatic carbocycles. The zero-order chi connectivity index (χ0) is 20.7. The molecule has 0 aliphatic heterocycles. The average Bonchev–Trinajstić information content (AvgIpc) is 3.35. The van der Waals surface area contributed by atoms with Crippen LogP contribution < -0.4 is 10.9 Å². The Bertz CT molecular complexity index is 1370. The van der Waals surface area contributed by atoms with Gasteiger partial charge in [-0.15, -0.1) is 0 Å². The van der Waals surface area contributed by atoms with Gasteiger partial charge in [0.25, 0.3) is 5.56 Å². The molecule has 8 nitrogen and oxygen atoms in total. The second-order valence-electron chi connectivity index (χ2n) is 6.94. The standard InChI is InChI=1S/C21H17ClN6O2/c22-13-3-1-2-11(6-13)18(29)10-24-14-4-5-23-21(30)19(14)20-26-16-7-12-9-25-28-15(12)8-17(16)27-20/h1-9,18,25,28-29H,10H2,(H2,23,24,30)/t18-/m1/s1. The van der Waals surface area contributed by atoms with Crippen molar-refractivity contribution in [3.8, 4) is 11.4 Å². The minimum absolute atomic E-state index is 0.190. The van der Waals surface area contributed by atoms with Gasteiger partial charge in [0.2, 0.25) is 0 Å². The highest BCUT2D eigenvalue weighted by Gasteiger charge is 2.17. The number of nitrogens with one attached hydrogen (secondary N) is 4. The van der Waals surface area contributed by atoms with Crippen LogP contribution in [0.15, 0.2) is 59.7 Å². The van der Waals surface area contributed by atoms with Gasteiger partial charge in [-0.1, -0.05) is 23.7 Å². The quantitative estimate of drug-likeness (QED) is 0.297. The highest BCUT2D eigenvalue weighted by atomic mass is 35.5. The minimum Gasteiger partial charge on any atom is -0.387 e. The molecule has 30 heavy (non-hydrogen) atoms. The Labute approximate surface area is 174 Å². The summed E-state index contributed by atoms with van der Waals surface area (Å²) in [5.41, 5.74) is 3.50. The van der Waals surface area contributed by atoms with Crippen molar-refractivity contribution < 1.29 is 5.11 Å². The van der Waals surface area contributed by atoms with Crippen LogP contribution in [0.3, 0.4) is 0 Å². The van der Waals surface area contributed by atoms with Gasteiger partial charge in [-0.05, 0) is 35.9 Å². The van der Waals surface area contributed by atoms with Crippen LogP contribution >= 0.6 is 11.6 Å². The summed E-state index contributed by atoms with van der Waals surface area (Å²) in [6.45, 7) is 0.190. The molecular weight excluding hydrogens is 404 g/mol. The van der Waals surface area contributed by atoms with E-state index in [0.717, 1.165) is 10.9 Å². The van der Waals surface area contributed by atoms with E-state index in [9.17, 15) is 9.90 Å². The molecule has 3 heterocycles.